The van der Waals surface area contributed by atoms with Crippen molar-refractivity contribution in [3.8, 4) is 17.2 Å². The molecule has 4 rings (SSSR count). The first-order valence-electron chi connectivity index (χ1n) is 12.3. The molecular weight excluding hydrogens is 448 g/mol. The van der Waals surface area contributed by atoms with E-state index >= 15 is 0 Å². The van der Waals surface area contributed by atoms with Gasteiger partial charge in [-0.15, -0.1) is 5.53 Å². The number of methoxy groups -OCH3 is 1. The van der Waals surface area contributed by atoms with Gasteiger partial charge in [0.2, 0.25) is 5.95 Å². The fourth-order valence-corrected chi connectivity index (χ4v) is 4.50. The molecule has 1 aliphatic heterocycles. The number of hydrogen-bond acceptors (Lipinski definition) is 11. The van der Waals surface area contributed by atoms with Gasteiger partial charge in [-0.05, 0) is 59.4 Å². The fourth-order valence-electron chi connectivity index (χ4n) is 4.50. The molecule has 0 spiro atoms. The summed E-state index contributed by atoms with van der Waals surface area (Å²) in [6.07, 6.45) is 3.92. The largest absolute Gasteiger partial charge is 0.507 e. The summed E-state index contributed by atoms with van der Waals surface area (Å²) in [5.74, 6) is 2.16. The maximum absolute atomic E-state index is 10.4. The van der Waals surface area contributed by atoms with Gasteiger partial charge in [0, 0.05) is 42.3 Å². The second-order valence-corrected chi connectivity index (χ2v) is 9.86. The van der Waals surface area contributed by atoms with E-state index in [9.17, 15) is 10.2 Å². The number of benzene rings is 1. The van der Waals surface area contributed by atoms with Gasteiger partial charge in [-0.25, -0.2) is 0 Å². The maximum atomic E-state index is 10.4. The van der Waals surface area contributed by atoms with E-state index < -0.39 is 0 Å². The molecule has 7 N–H and O–H groups in total. The van der Waals surface area contributed by atoms with Crippen LogP contribution in [0.2, 0.25) is 0 Å². The Morgan fingerprint density at radius 1 is 1.06 bits per heavy atom. The van der Waals surface area contributed by atoms with Crippen LogP contribution in [-0.2, 0) is 6.54 Å². The van der Waals surface area contributed by atoms with Crippen LogP contribution in [0.25, 0.3) is 0 Å². The van der Waals surface area contributed by atoms with Crippen molar-refractivity contribution in [2.24, 2.45) is 5.73 Å². The summed E-state index contributed by atoms with van der Waals surface area (Å²) in [6.45, 7) is 8.63. The fraction of sp³-hybridized carbons (Fsp3) is 0.583. The number of phenols is 2. The Kier molecular flexibility index (Phi) is 7.27. The van der Waals surface area contributed by atoms with E-state index in [4.69, 9.17) is 20.4 Å². The third-order valence-electron chi connectivity index (χ3n) is 6.51. The van der Waals surface area contributed by atoms with Gasteiger partial charge < -0.3 is 31.3 Å². The quantitative estimate of drug-likeness (QED) is 0.306. The number of nitrogens with one attached hydrogen (secondary N) is 3. The number of anilines is 4. The summed E-state index contributed by atoms with van der Waals surface area (Å²) < 4.78 is 5.09. The van der Waals surface area contributed by atoms with Crippen LogP contribution in [0.3, 0.4) is 0 Å². The van der Waals surface area contributed by atoms with Gasteiger partial charge in [0.05, 0.1) is 7.11 Å². The number of nitrogens with two attached hydrogens (primary N) is 1. The Morgan fingerprint density at radius 3 is 2.37 bits per heavy atom. The number of ether oxygens (including phenoxy) is 1. The predicted molar refractivity (Wildman–Crippen MR) is 138 cm³/mol. The van der Waals surface area contributed by atoms with Gasteiger partial charge in [0.15, 0.2) is 23.1 Å². The van der Waals surface area contributed by atoms with Crippen LogP contribution in [-0.4, -0.2) is 51.5 Å². The number of aromatic hydroxyl groups is 2. The van der Waals surface area contributed by atoms with Crippen LogP contribution in [0.5, 0.6) is 17.2 Å². The lowest BCUT2D eigenvalue weighted by molar-refractivity contribution is 0.367. The molecule has 1 aromatic carbocycles. The normalized spacial score (nSPS) is 19.9. The molecule has 35 heavy (non-hydrogen) atoms. The van der Waals surface area contributed by atoms with E-state index in [0.717, 1.165) is 37.2 Å². The lowest BCUT2D eigenvalue weighted by Crippen LogP contribution is -2.50. The standard InChI is InChI=1S/C24H38N8O3/c1-13(2)31-21-22(26-12-15-10-19(34)20(35-5)11-18(15)33)28-24(27-17-8-6-16(25)7-9-17)29-23(21)32(30-31)14(3)4/h10-11,13-14,16-17,30,33-34H,6-9,12,25H2,1-5H3,(H2,26,27,28,29). The zero-order chi connectivity index (χ0) is 25.3. The van der Waals surface area contributed by atoms with Crippen LogP contribution in [0.4, 0.5) is 23.3 Å². The van der Waals surface area contributed by atoms with E-state index in [-0.39, 0.29) is 48.0 Å². The Labute approximate surface area is 206 Å². The van der Waals surface area contributed by atoms with Crippen LogP contribution in [0.15, 0.2) is 12.1 Å². The summed E-state index contributed by atoms with van der Waals surface area (Å²) in [4.78, 5) is 9.74. The number of hydrogen-bond donors (Lipinski definition) is 6. The third kappa shape index (κ3) is 5.25. The van der Waals surface area contributed by atoms with Crippen LogP contribution in [0.1, 0.15) is 58.9 Å². The minimum Gasteiger partial charge on any atom is -0.507 e. The van der Waals surface area contributed by atoms with E-state index in [1.54, 1.807) is 0 Å². The molecule has 0 unspecified atom stereocenters. The summed E-state index contributed by atoms with van der Waals surface area (Å²) in [5, 5.41) is 31.6. The predicted octanol–water partition coefficient (Wildman–Crippen LogP) is 3.05. The van der Waals surface area contributed by atoms with Gasteiger partial charge in [0.1, 0.15) is 11.4 Å². The lowest BCUT2D eigenvalue weighted by atomic mass is 9.92. The molecule has 0 atom stereocenters. The van der Waals surface area contributed by atoms with Gasteiger partial charge in [0.25, 0.3) is 0 Å². The highest BCUT2D eigenvalue weighted by Gasteiger charge is 2.35. The highest BCUT2D eigenvalue weighted by atomic mass is 16.5. The Hall–Kier alpha value is -3.18. The highest BCUT2D eigenvalue weighted by Crippen LogP contribution is 2.41. The molecule has 1 saturated carbocycles. The SMILES string of the molecule is COc1cc(O)c(CNc2nc(NC3CCC(N)CC3)nc3c2N(C(C)C)NN3C(C)C)cc1O. The van der Waals surface area contributed by atoms with Crippen LogP contribution >= 0.6 is 0 Å². The molecule has 2 aromatic rings. The summed E-state index contributed by atoms with van der Waals surface area (Å²) in [5.41, 5.74) is 10.9. The van der Waals surface area contributed by atoms with Crippen molar-refractivity contribution in [1.29, 1.82) is 0 Å². The topological polar surface area (TPSA) is 144 Å². The average molecular weight is 487 g/mol. The van der Waals surface area contributed by atoms with Crippen molar-refractivity contribution in [3.63, 3.8) is 0 Å². The Bertz CT molecular complexity index is 1040. The summed E-state index contributed by atoms with van der Waals surface area (Å²) in [6, 6.07) is 3.72. The molecule has 2 aliphatic rings. The maximum Gasteiger partial charge on any atom is 0.227 e. The molecular formula is C24H38N8O3. The van der Waals surface area contributed by atoms with Gasteiger partial charge in [-0.1, -0.05) is 0 Å². The first-order valence-corrected chi connectivity index (χ1v) is 12.3. The van der Waals surface area contributed by atoms with Crippen molar-refractivity contribution in [2.75, 3.05) is 27.8 Å². The molecule has 1 aliphatic carbocycles. The van der Waals surface area contributed by atoms with Gasteiger partial charge in [-0.2, -0.15) is 9.97 Å². The smallest absolute Gasteiger partial charge is 0.227 e. The molecule has 2 heterocycles. The molecule has 192 valence electrons. The molecule has 0 saturated heterocycles. The van der Waals surface area contributed by atoms with E-state index in [1.165, 1.54) is 19.2 Å². The molecule has 0 radical (unpaired) electrons. The van der Waals surface area contributed by atoms with Crippen molar-refractivity contribution >= 4 is 23.3 Å². The Morgan fingerprint density at radius 2 is 1.74 bits per heavy atom. The van der Waals surface area contributed by atoms with Crippen molar-refractivity contribution in [3.05, 3.63) is 17.7 Å². The number of rotatable bonds is 8. The number of phenolic OH excluding ortho intramolecular Hbond substituents is 2. The van der Waals surface area contributed by atoms with E-state index in [0.29, 0.717) is 17.3 Å². The first-order chi connectivity index (χ1) is 16.7. The van der Waals surface area contributed by atoms with Gasteiger partial charge >= 0.3 is 0 Å². The zero-order valence-electron chi connectivity index (χ0n) is 21.2. The average Bonchev–Trinajstić information content (AvgIpc) is 3.21. The van der Waals surface area contributed by atoms with Crippen LogP contribution in [0, 0.1) is 0 Å². The molecule has 0 amide bonds. The minimum atomic E-state index is -0.0377. The second kappa shape index (κ2) is 10.2. The second-order valence-electron chi connectivity index (χ2n) is 9.86. The molecule has 0 bridgehead atoms. The zero-order valence-corrected chi connectivity index (χ0v) is 21.2. The molecule has 11 heteroatoms. The van der Waals surface area contributed by atoms with Crippen molar-refractivity contribution in [2.45, 2.75) is 84.1 Å². The molecule has 11 nitrogen and oxygen atoms in total. The molecule has 1 aromatic heterocycles. The Balaban J connectivity index is 1.68. The van der Waals surface area contributed by atoms with Crippen molar-refractivity contribution in [1.82, 2.24) is 15.5 Å². The summed E-state index contributed by atoms with van der Waals surface area (Å²) in [7, 11) is 1.44. The number of nitrogens with zero attached hydrogens (tertiary/aromatic N) is 4. The number of hydrazine groups is 2. The van der Waals surface area contributed by atoms with E-state index in [2.05, 4.69) is 43.9 Å². The summed E-state index contributed by atoms with van der Waals surface area (Å²) >= 11 is 0. The van der Waals surface area contributed by atoms with Gasteiger partial charge in [-0.3, -0.25) is 10.0 Å². The van der Waals surface area contributed by atoms with E-state index in [1.807, 2.05) is 10.0 Å². The number of aromatic nitrogens is 2. The lowest BCUT2D eigenvalue weighted by Gasteiger charge is -2.27. The first kappa shape index (κ1) is 24.9. The molecule has 1 fully saturated rings. The van der Waals surface area contributed by atoms with Crippen LogP contribution < -0.4 is 36.7 Å². The van der Waals surface area contributed by atoms with Crippen molar-refractivity contribution < 1.29 is 14.9 Å². The highest BCUT2D eigenvalue weighted by molar-refractivity contribution is 5.83. The monoisotopic (exact) mass is 486 g/mol. The number of fused-ring (bicyclic) bond motifs is 1. The minimum absolute atomic E-state index is 0.0254. The third-order valence-corrected chi connectivity index (χ3v) is 6.51.